The maximum atomic E-state index is 12.2. The van der Waals surface area contributed by atoms with Gasteiger partial charge in [0.15, 0.2) is 0 Å². The van der Waals surface area contributed by atoms with Crippen LogP contribution in [0.25, 0.3) is 10.9 Å². The number of aromatic nitrogens is 1. The van der Waals surface area contributed by atoms with E-state index >= 15 is 0 Å². The summed E-state index contributed by atoms with van der Waals surface area (Å²) < 4.78 is 1.13. The number of rotatable bonds is 2. The first-order valence-electron chi connectivity index (χ1n) is 6.15. The highest BCUT2D eigenvalue weighted by Gasteiger charge is 2.08. The molecule has 1 heterocycles. The lowest BCUT2D eigenvalue weighted by Crippen LogP contribution is -2.13. The van der Waals surface area contributed by atoms with Crippen molar-refractivity contribution in [3.05, 3.63) is 69.9 Å². The molecule has 3 aromatic rings. The summed E-state index contributed by atoms with van der Waals surface area (Å²) in [6, 6.07) is 19.0. The molecule has 20 heavy (non-hydrogen) atoms. The number of pyridine rings is 1. The molecule has 0 aliphatic heterocycles. The third kappa shape index (κ3) is 2.80. The third-order valence-corrected chi connectivity index (χ3v) is 3.65. The molecule has 0 bridgehead atoms. The molecule has 4 heteroatoms. The van der Waals surface area contributed by atoms with Gasteiger partial charge in [0.1, 0.15) is 5.69 Å². The third-order valence-electron chi connectivity index (χ3n) is 2.93. The van der Waals surface area contributed by atoms with Gasteiger partial charge in [-0.05, 0) is 59.0 Å². The monoisotopic (exact) mass is 374 g/mol. The van der Waals surface area contributed by atoms with Crippen LogP contribution in [0, 0.1) is 3.57 Å². The standard InChI is InChI=1S/C16H11IN2O/c17-12-6-8-13(9-7-12)18-16(20)15-10-5-11-3-1-2-4-14(11)19-15/h1-10H,(H,18,20). The molecule has 0 aliphatic rings. The zero-order chi connectivity index (χ0) is 13.9. The van der Waals surface area contributed by atoms with Crippen LogP contribution < -0.4 is 5.32 Å². The van der Waals surface area contributed by atoms with E-state index in [0.717, 1.165) is 20.2 Å². The quantitative estimate of drug-likeness (QED) is 0.687. The summed E-state index contributed by atoms with van der Waals surface area (Å²) in [4.78, 5) is 16.5. The number of amides is 1. The topological polar surface area (TPSA) is 42.0 Å². The van der Waals surface area contributed by atoms with Gasteiger partial charge >= 0.3 is 0 Å². The predicted molar refractivity (Wildman–Crippen MR) is 88.9 cm³/mol. The lowest BCUT2D eigenvalue weighted by molar-refractivity contribution is 0.102. The summed E-state index contributed by atoms with van der Waals surface area (Å²) in [5.74, 6) is -0.197. The van der Waals surface area contributed by atoms with Crippen molar-refractivity contribution in [2.24, 2.45) is 0 Å². The molecule has 3 nitrogen and oxygen atoms in total. The molecule has 0 saturated heterocycles. The summed E-state index contributed by atoms with van der Waals surface area (Å²) in [6.45, 7) is 0. The Morgan fingerprint density at radius 2 is 1.70 bits per heavy atom. The van der Waals surface area contributed by atoms with Crippen molar-refractivity contribution in [2.45, 2.75) is 0 Å². The number of para-hydroxylation sites is 1. The summed E-state index contributed by atoms with van der Waals surface area (Å²) in [5, 5.41) is 3.87. The molecule has 1 N–H and O–H groups in total. The number of anilines is 1. The van der Waals surface area contributed by atoms with Crippen LogP contribution in [0.5, 0.6) is 0 Å². The fourth-order valence-electron chi connectivity index (χ4n) is 1.92. The number of carbonyl (C=O) groups excluding carboxylic acids is 1. The van der Waals surface area contributed by atoms with Gasteiger partial charge in [-0.25, -0.2) is 4.98 Å². The SMILES string of the molecule is O=C(Nc1ccc(I)cc1)c1ccc2ccccc2n1. The van der Waals surface area contributed by atoms with Gasteiger partial charge in [-0.3, -0.25) is 4.79 Å². The van der Waals surface area contributed by atoms with Crippen LogP contribution in [-0.2, 0) is 0 Å². The number of carbonyl (C=O) groups is 1. The van der Waals surface area contributed by atoms with E-state index in [1.165, 1.54) is 0 Å². The second-order valence-electron chi connectivity index (χ2n) is 4.35. The number of nitrogens with one attached hydrogen (secondary N) is 1. The van der Waals surface area contributed by atoms with Crippen LogP contribution in [0.1, 0.15) is 10.5 Å². The molecule has 98 valence electrons. The zero-order valence-electron chi connectivity index (χ0n) is 10.5. The van der Waals surface area contributed by atoms with Crippen LogP contribution in [0.3, 0.4) is 0 Å². The lowest BCUT2D eigenvalue weighted by Gasteiger charge is -2.05. The summed E-state index contributed by atoms with van der Waals surface area (Å²) in [5.41, 5.74) is 2.01. The van der Waals surface area contributed by atoms with Crippen molar-refractivity contribution >= 4 is 45.1 Å². The molecule has 0 fully saturated rings. The highest BCUT2D eigenvalue weighted by atomic mass is 127. The summed E-state index contributed by atoms with van der Waals surface area (Å²) in [6.07, 6.45) is 0. The van der Waals surface area contributed by atoms with Crippen molar-refractivity contribution in [3.8, 4) is 0 Å². The van der Waals surface area contributed by atoms with E-state index in [0.29, 0.717) is 5.69 Å². The molecular formula is C16H11IN2O. The van der Waals surface area contributed by atoms with Crippen molar-refractivity contribution in [3.63, 3.8) is 0 Å². The first kappa shape index (κ1) is 13.1. The zero-order valence-corrected chi connectivity index (χ0v) is 12.7. The van der Waals surface area contributed by atoms with Gasteiger partial charge in [-0.15, -0.1) is 0 Å². The van der Waals surface area contributed by atoms with Crippen molar-refractivity contribution in [2.75, 3.05) is 5.32 Å². The first-order valence-corrected chi connectivity index (χ1v) is 7.23. The maximum absolute atomic E-state index is 12.2. The normalized spacial score (nSPS) is 10.4. The predicted octanol–water partition coefficient (Wildman–Crippen LogP) is 4.09. The molecule has 0 unspecified atom stereocenters. The van der Waals surface area contributed by atoms with Crippen LogP contribution >= 0.6 is 22.6 Å². The summed E-state index contributed by atoms with van der Waals surface area (Å²) >= 11 is 2.23. The average molecular weight is 374 g/mol. The minimum atomic E-state index is -0.197. The maximum Gasteiger partial charge on any atom is 0.274 e. The Morgan fingerprint density at radius 3 is 2.50 bits per heavy atom. The van der Waals surface area contributed by atoms with Crippen LogP contribution in [0.4, 0.5) is 5.69 Å². The number of fused-ring (bicyclic) bond motifs is 1. The Kier molecular flexibility index (Phi) is 3.64. The number of nitrogens with zero attached hydrogens (tertiary/aromatic N) is 1. The molecule has 3 rings (SSSR count). The fourth-order valence-corrected chi connectivity index (χ4v) is 2.28. The minimum absolute atomic E-state index is 0.197. The van der Waals surface area contributed by atoms with Crippen LogP contribution in [-0.4, -0.2) is 10.9 Å². The van der Waals surface area contributed by atoms with Gasteiger partial charge in [0, 0.05) is 14.6 Å². The largest absolute Gasteiger partial charge is 0.321 e. The van der Waals surface area contributed by atoms with Gasteiger partial charge in [-0.2, -0.15) is 0 Å². The molecule has 1 amide bonds. The number of benzene rings is 2. The van der Waals surface area contributed by atoms with Gasteiger partial charge in [-0.1, -0.05) is 24.3 Å². The molecule has 0 radical (unpaired) electrons. The highest BCUT2D eigenvalue weighted by molar-refractivity contribution is 14.1. The van der Waals surface area contributed by atoms with E-state index in [4.69, 9.17) is 0 Å². The average Bonchev–Trinajstić information content (AvgIpc) is 2.49. The van der Waals surface area contributed by atoms with E-state index in [2.05, 4.69) is 32.9 Å². The van der Waals surface area contributed by atoms with Gasteiger partial charge in [0.05, 0.1) is 5.52 Å². The Balaban J connectivity index is 1.86. The Hall–Kier alpha value is -1.95. The van der Waals surface area contributed by atoms with E-state index in [-0.39, 0.29) is 5.91 Å². The lowest BCUT2D eigenvalue weighted by atomic mass is 10.2. The second-order valence-corrected chi connectivity index (χ2v) is 5.60. The van der Waals surface area contributed by atoms with Gasteiger partial charge < -0.3 is 5.32 Å². The van der Waals surface area contributed by atoms with E-state index in [1.54, 1.807) is 6.07 Å². The minimum Gasteiger partial charge on any atom is -0.321 e. The number of hydrogen-bond acceptors (Lipinski definition) is 2. The van der Waals surface area contributed by atoms with E-state index in [1.807, 2.05) is 54.6 Å². The van der Waals surface area contributed by atoms with Gasteiger partial charge in [0.2, 0.25) is 0 Å². The number of halogens is 1. The highest BCUT2D eigenvalue weighted by Crippen LogP contribution is 2.14. The molecular weight excluding hydrogens is 363 g/mol. The molecule has 2 aromatic carbocycles. The van der Waals surface area contributed by atoms with E-state index in [9.17, 15) is 4.79 Å². The Bertz CT molecular complexity index is 769. The van der Waals surface area contributed by atoms with Crippen molar-refractivity contribution < 1.29 is 4.79 Å². The molecule has 0 spiro atoms. The smallest absolute Gasteiger partial charge is 0.274 e. The fraction of sp³-hybridized carbons (Fsp3) is 0. The van der Waals surface area contributed by atoms with E-state index < -0.39 is 0 Å². The first-order chi connectivity index (χ1) is 9.72. The molecule has 0 aliphatic carbocycles. The molecule has 1 aromatic heterocycles. The molecule has 0 atom stereocenters. The van der Waals surface area contributed by atoms with Crippen molar-refractivity contribution in [1.82, 2.24) is 4.98 Å². The van der Waals surface area contributed by atoms with Crippen molar-refractivity contribution in [1.29, 1.82) is 0 Å². The Morgan fingerprint density at radius 1 is 0.950 bits per heavy atom. The number of hydrogen-bond donors (Lipinski definition) is 1. The van der Waals surface area contributed by atoms with Crippen LogP contribution in [0.2, 0.25) is 0 Å². The van der Waals surface area contributed by atoms with Crippen LogP contribution in [0.15, 0.2) is 60.7 Å². The summed E-state index contributed by atoms with van der Waals surface area (Å²) in [7, 11) is 0. The van der Waals surface area contributed by atoms with Gasteiger partial charge in [0.25, 0.3) is 5.91 Å². The second kappa shape index (κ2) is 5.58. The molecule has 0 saturated carbocycles. The Labute approximate surface area is 130 Å².